The monoisotopic (exact) mass is 434 g/mol. The predicted molar refractivity (Wildman–Crippen MR) is 125 cm³/mol. The van der Waals surface area contributed by atoms with Gasteiger partial charge in [-0.05, 0) is 62.0 Å². The summed E-state index contributed by atoms with van der Waals surface area (Å²) in [4.78, 5) is 33.4. The summed E-state index contributed by atoms with van der Waals surface area (Å²) in [6.07, 6.45) is 7.28. The van der Waals surface area contributed by atoms with Gasteiger partial charge in [-0.2, -0.15) is 0 Å². The van der Waals surface area contributed by atoms with Crippen LogP contribution in [0.5, 0.6) is 0 Å². The molecule has 2 aliphatic heterocycles. The number of carbonyl (C=O) groups is 2. The van der Waals surface area contributed by atoms with Crippen molar-refractivity contribution in [2.75, 3.05) is 32.7 Å². The van der Waals surface area contributed by atoms with Gasteiger partial charge in [0.1, 0.15) is 0 Å². The second-order valence-electron chi connectivity index (χ2n) is 9.29. The number of hydrogen-bond acceptors (Lipinski definition) is 4. The fraction of sp³-hybridized carbons (Fsp3) is 0.500. The van der Waals surface area contributed by atoms with Crippen molar-refractivity contribution in [3.05, 3.63) is 66.0 Å². The molecule has 0 spiro atoms. The van der Waals surface area contributed by atoms with Gasteiger partial charge in [-0.25, -0.2) is 0 Å². The smallest absolute Gasteiger partial charge is 0.225 e. The van der Waals surface area contributed by atoms with Crippen molar-refractivity contribution in [1.82, 2.24) is 20.1 Å². The van der Waals surface area contributed by atoms with Crippen LogP contribution in [-0.2, 0) is 21.5 Å². The number of hydrogen-bond donors (Lipinski definition) is 1. The Bertz CT molecular complexity index is 887. The maximum absolute atomic E-state index is 13.3. The van der Waals surface area contributed by atoms with E-state index in [1.165, 1.54) is 11.1 Å². The maximum Gasteiger partial charge on any atom is 0.225 e. The molecule has 2 aliphatic rings. The standard InChI is InChI=1S/C26H34N4O2/c1-21(31)28-20-26(24-5-3-2-4-6-24)11-17-30(18-12-26)25(32)23-9-15-29(16-10-23)19-22-7-13-27-14-8-22/h2-8,13-14,23H,9-12,15-20H2,1H3,(H,28,31). The summed E-state index contributed by atoms with van der Waals surface area (Å²) < 4.78 is 0. The highest BCUT2D eigenvalue weighted by Gasteiger charge is 2.39. The molecule has 0 saturated carbocycles. The van der Waals surface area contributed by atoms with Gasteiger partial charge in [0, 0.05) is 56.8 Å². The van der Waals surface area contributed by atoms with E-state index in [0.29, 0.717) is 12.5 Å². The number of rotatable bonds is 6. The molecule has 3 heterocycles. The number of piperidine rings is 2. The Hall–Kier alpha value is -2.73. The van der Waals surface area contributed by atoms with Crippen LogP contribution in [0.4, 0.5) is 0 Å². The lowest BCUT2D eigenvalue weighted by molar-refractivity contribution is -0.139. The lowest BCUT2D eigenvalue weighted by Gasteiger charge is -2.44. The van der Waals surface area contributed by atoms with Crippen LogP contribution in [0.3, 0.4) is 0 Å². The molecule has 6 nitrogen and oxygen atoms in total. The predicted octanol–water partition coefficient (Wildman–Crippen LogP) is 2.99. The summed E-state index contributed by atoms with van der Waals surface area (Å²) >= 11 is 0. The van der Waals surface area contributed by atoms with Crippen molar-refractivity contribution < 1.29 is 9.59 Å². The van der Waals surface area contributed by atoms with Crippen molar-refractivity contribution in [2.24, 2.45) is 5.92 Å². The molecule has 4 rings (SSSR count). The summed E-state index contributed by atoms with van der Waals surface area (Å²) in [5.41, 5.74) is 2.43. The third kappa shape index (κ3) is 5.36. The summed E-state index contributed by atoms with van der Waals surface area (Å²) in [5, 5.41) is 3.03. The van der Waals surface area contributed by atoms with Gasteiger partial charge in [0.2, 0.25) is 11.8 Å². The molecule has 6 heteroatoms. The van der Waals surface area contributed by atoms with E-state index >= 15 is 0 Å². The molecule has 2 amide bonds. The minimum absolute atomic E-state index is 0.00247. The molecule has 0 atom stereocenters. The number of amides is 2. The summed E-state index contributed by atoms with van der Waals surface area (Å²) in [6.45, 7) is 6.55. The molecule has 1 N–H and O–H groups in total. The Morgan fingerprint density at radius 3 is 2.28 bits per heavy atom. The van der Waals surface area contributed by atoms with Crippen molar-refractivity contribution in [3.8, 4) is 0 Å². The average molecular weight is 435 g/mol. The van der Waals surface area contributed by atoms with Crippen molar-refractivity contribution in [2.45, 2.75) is 44.6 Å². The average Bonchev–Trinajstić information content (AvgIpc) is 2.84. The molecular formula is C26H34N4O2. The Kier molecular flexibility index (Phi) is 7.20. The number of nitrogens with zero attached hydrogens (tertiary/aromatic N) is 3. The van der Waals surface area contributed by atoms with Gasteiger partial charge < -0.3 is 10.2 Å². The molecular weight excluding hydrogens is 400 g/mol. The largest absolute Gasteiger partial charge is 0.355 e. The first-order chi connectivity index (χ1) is 15.6. The van der Waals surface area contributed by atoms with Crippen LogP contribution in [0.15, 0.2) is 54.9 Å². The van der Waals surface area contributed by atoms with Crippen molar-refractivity contribution >= 4 is 11.8 Å². The molecule has 2 aromatic rings. The molecule has 0 aliphatic carbocycles. The molecule has 1 aromatic heterocycles. The topological polar surface area (TPSA) is 65.5 Å². The summed E-state index contributed by atoms with van der Waals surface area (Å²) in [5.74, 6) is 0.440. The highest BCUT2D eigenvalue weighted by atomic mass is 16.2. The Labute approximate surface area is 191 Å². The Balaban J connectivity index is 1.32. The normalized spacial score (nSPS) is 19.5. The summed E-state index contributed by atoms with van der Waals surface area (Å²) in [6, 6.07) is 14.6. The van der Waals surface area contributed by atoms with Gasteiger partial charge >= 0.3 is 0 Å². The van der Waals surface area contributed by atoms with E-state index in [0.717, 1.165) is 58.4 Å². The molecule has 1 aromatic carbocycles. The molecule has 0 bridgehead atoms. The maximum atomic E-state index is 13.3. The number of benzene rings is 1. The number of carbonyl (C=O) groups excluding carboxylic acids is 2. The summed E-state index contributed by atoms with van der Waals surface area (Å²) in [7, 11) is 0. The van der Waals surface area contributed by atoms with E-state index in [2.05, 4.69) is 56.5 Å². The number of likely N-dealkylation sites (tertiary alicyclic amines) is 2. The first-order valence-electron chi connectivity index (χ1n) is 11.8. The quantitative estimate of drug-likeness (QED) is 0.759. The lowest BCUT2D eigenvalue weighted by atomic mass is 9.72. The van der Waals surface area contributed by atoms with Gasteiger partial charge in [-0.1, -0.05) is 30.3 Å². The van der Waals surface area contributed by atoms with Crippen LogP contribution in [0.25, 0.3) is 0 Å². The van der Waals surface area contributed by atoms with Crippen LogP contribution >= 0.6 is 0 Å². The number of pyridine rings is 1. The van der Waals surface area contributed by atoms with Gasteiger partial charge in [0.25, 0.3) is 0 Å². The van der Waals surface area contributed by atoms with E-state index in [4.69, 9.17) is 0 Å². The third-order valence-electron chi connectivity index (χ3n) is 7.19. The van der Waals surface area contributed by atoms with Gasteiger partial charge in [0.05, 0.1) is 0 Å². The molecule has 32 heavy (non-hydrogen) atoms. The minimum atomic E-state index is -0.0996. The Morgan fingerprint density at radius 2 is 1.66 bits per heavy atom. The van der Waals surface area contributed by atoms with E-state index in [1.54, 1.807) is 6.92 Å². The van der Waals surface area contributed by atoms with Crippen LogP contribution in [0.2, 0.25) is 0 Å². The van der Waals surface area contributed by atoms with Crippen LogP contribution in [0, 0.1) is 5.92 Å². The Morgan fingerprint density at radius 1 is 1.00 bits per heavy atom. The first-order valence-corrected chi connectivity index (χ1v) is 11.8. The second kappa shape index (κ2) is 10.3. The van der Waals surface area contributed by atoms with E-state index in [1.807, 2.05) is 18.5 Å². The third-order valence-corrected chi connectivity index (χ3v) is 7.19. The molecule has 0 radical (unpaired) electrons. The molecule has 0 unspecified atom stereocenters. The van der Waals surface area contributed by atoms with Crippen molar-refractivity contribution in [3.63, 3.8) is 0 Å². The van der Waals surface area contributed by atoms with E-state index in [9.17, 15) is 9.59 Å². The molecule has 170 valence electrons. The van der Waals surface area contributed by atoms with Crippen molar-refractivity contribution in [1.29, 1.82) is 0 Å². The highest BCUT2D eigenvalue weighted by molar-refractivity contribution is 5.79. The fourth-order valence-electron chi connectivity index (χ4n) is 5.15. The zero-order chi connectivity index (χ0) is 22.4. The zero-order valence-electron chi connectivity index (χ0n) is 19.0. The fourth-order valence-corrected chi connectivity index (χ4v) is 5.15. The second-order valence-corrected chi connectivity index (χ2v) is 9.29. The van der Waals surface area contributed by atoms with E-state index in [-0.39, 0.29) is 17.2 Å². The van der Waals surface area contributed by atoms with Crippen LogP contribution < -0.4 is 5.32 Å². The van der Waals surface area contributed by atoms with Crippen LogP contribution in [0.1, 0.15) is 43.7 Å². The molecule has 2 saturated heterocycles. The SMILES string of the molecule is CC(=O)NCC1(c2ccccc2)CCN(C(=O)C2CCN(Cc3ccncc3)CC2)CC1. The van der Waals surface area contributed by atoms with Crippen LogP contribution in [-0.4, -0.2) is 59.3 Å². The minimum Gasteiger partial charge on any atom is -0.355 e. The molecule has 2 fully saturated rings. The van der Waals surface area contributed by atoms with Gasteiger partial charge in [0.15, 0.2) is 0 Å². The number of nitrogens with one attached hydrogen (secondary N) is 1. The van der Waals surface area contributed by atoms with Gasteiger partial charge in [-0.3, -0.25) is 19.5 Å². The zero-order valence-corrected chi connectivity index (χ0v) is 19.0. The first kappa shape index (κ1) is 22.5. The highest BCUT2D eigenvalue weighted by Crippen LogP contribution is 2.36. The van der Waals surface area contributed by atoms with Gasteiger partial charge in [-0.15, -0.1) is 0 Å². The number of aromatic nitrogens is 1. The van der Waals surface area contributed by atoms with E-state index < -0.39 is 0 Å². The lowest BCUT2D eigenvalue weighted by Crippen LogP contribution is -2.52.